The fraction of sp³-hybridized carbons (Fsp3) is 0.133. The van der Waals surface area contributed by atoms with Crippen LogP contribution in [0.1, 0.15) is 24.4 Å². The van der Waals surface area contributed by atoms with Crippen LogP contribution in [0.4, 0.5) is 11.5 Å². The fourth-order valence-electron chi connectivity index (χ4n) is 5.14. The molecule has 3 heterocycles. The largest absolute Gasteiger partial charge is 0.508 e. The summed E-state index contributed by atoms with van der Waals surface area (Å²) in [4.78, 5) is 30.8. The van der Waals surface area contributed by atoms with Gasteiger partial charge in [0.05, 0.1) is 40.0 Å². The van der Waals surface area contributed by atoms with Gasteiger partial charge < -0.3 is 15.4 Å². The summed E-state index contributed by atoms with van der Waals surface area (Å²) in [5, 5.41) is 14.9. The molecule has 0 radical (unpaired) electrons. The Bertz CT molecular complexity index is 2140. The third-order valence-corrected chi connectivity index (χ3v) is 7.50. The van der Waals surface area contributed by atoms with Crippen LogP contribution < -0.4 is 15.6 Å². The van der Waals surface area contributed by atoms with Crippen molar-refractivity contribution in [3.63, 3.8) is 0 Å². The van der Waals surface area contributed by atoms with Crippen LogP contribution in [0, 0.1) is 6.92 Å². The number of aromatic nitrogens is 5. The molecule has 1 atom stereocenters. The summed E-state index contributed by atoms with van der Waals surface area (Å²) in [5.74, 6) is 0.836. The second kappa shape index (κ2) is 10.3. The maximum Gasteiger partial charge on any atom is 0.266 e. The molecule has 12 heteroatoms. The summed E-state index contributed by atoms with van der Waals surface area (Å²) in [6, 6.07) is 18.9. The lowest BCUT2D eigenvalue weighted by atomic mass is 10.0. The number of rotatable bonds is 7. The number of nitrogens with one attached hydrogen (secondary N) is 3. The van der Waals surface area contributed by atoms with Crippen molar-refractivity contribution >= 4 is 43.5 Å². The van der Waals surface area contributed by atoms with Crippen molar-refractivity contribution < 1.29 is 13.5 Å². The minimum Gasteiger partial charge on any atom is -0.508 e. The van der Waals surface area contributed by atoms with Gasteiger partial charge in [0.2, 0.25) is 10.0 Å². The normalized spacial score (nSPS) is 12.5. The lowest BCUT2D eigenvalue weighted by molar-refractivity contribution is 0.476. The number of phenolic OH excluding ortho intramolecular Hbond substituents is 1. The van der Waals surface area contributed by atoms with E-state index < -0.39 is 16.1 Å². The number of para-hydroxylation sites is 1. The molecule has 0 saturated carbocycles. The molecule has 0 fully saturated rings. The Morgan fingerprint density at radius 2 is 1.79 bits per heavy atom. The SMILES string of the molecule is Cc1cccc2nc([C@H](C)Nc3ncnc4[nH]cc(-c5cc(O)cc(NS(C)(=O)=O)c5)c34)n(-c3ccccc3)c(=O)c12. The van der Waals surface area contributed by atoms with Gasteiger partial charge in [0.15, 0.2) is 0 Å². The van der Waals surface area contributed by atoms with Crippen LogP contribution in [0.3, 0.4) is 0 Å². The topological polar surface area (TPSA) is 155 Å². The third-order valence-electron chi connectivity index (χ3n) is 6.89. The average Bonchev–Trinajstić information content (AvgIpc) is 3.37. The van der Waals surface area contributed by atoms with Gasteiger partial charge in [0.1, 0.15) is 29.4 Å². The van der Waals surface area contributed by atoms with E-state index in [2.05, 4.69) is 25.0 Å². The molecule has 0 unspecified atom stereocenters. The minimum atomic E-state index is -3.57. The van der Waals surface area contributed by atoms with Crippen molar-refractivity contribution in [3.8, 4) is 22.6 Å². The van der Waals surface area contributed by atoms with Crippen LogP contribution in [0.25, 0.3) is 38.8 Å². The van der Waals surface area contributed by atoms with Gasteiger partial charge in [0.25, 0.3) is 5.56 Å². The van der Waals surface area contributed by atoms with Crippen LogP contribution in [0.5, 0.6) is 5.75 Å². The van der Waals surface area contributed by atoms with Crippen molar-refractivity contribution in [1.29, 1.82) is 0 Å². The molecule has 4 N–H and O–H groups in total. The van der Waals surface area contributed by atoms with Crippen LogP contribution >= 0.6 is 0 Å². The van der Waals surface area contributed by atoms with Crippen molar-refractivity contribution in [2.75, 3.05) is 16.3 Å². The Morgan fingerprint density at radius 3 is 2.55 bits per heavy atom. The fourth-order valence-corrected chi connectivity index (χ4v) is 5.69. The van der Waals surface area contributed by atoms with Crippen molar-refractivity contribution in [2.24, 2.45) is 0 Å². The predicted molar refractivity (Wildman–Crippen MR) is 164 cm³/mol. The number of hydrogen-bond acceptors (Lipinski definition) is 8. The summed E-state index contributed by atoms with van der Waals surface area (Å²) < 4.78 is 27.7. The first-order chi connectivity index (χ1) is 20.1. The van der Waals surface area contributed by atoms with Crippen LogP contribution in [0.15, 0.2) is 84.0 Å². The third kappa shape index (κ3) is 5.03. The molecule has 0 aliphatic carbocycles. The van der Waals surface area contributed by atoms with Gasteiger partial charge >= 0.3 is 0 Å². The van der Waals surface area contributed by atoms with Crippen molar-refractivity contribution in [2.45, 2.75) is 19.9 Å². The van der Waals surface area contributed by atoms with Gasteiger partial charge in [-0.15, -0.1) is 0 Å². The first-order valence-electron chi connectivity index (χ1n) is 13.1. The smallest absolute Gasteiger partial charge is 0.266 e. The van der Waals surface area contributed by atoms with Gasteiger partial charge in [-0.25, -0.2) is 23.4 Å². The van der Waals surface area contributed by atoms with Crippen LogP contribution in [-0.4, -0.2) is 44.3 Å². The lowest BCUT2D eigenvalue weighted by Gasteiger charge is -2.21. The Hall–Kier alpha value is -5.23. The average molecular weight is 582 g/mol. The van der Waals surface area contributed by atoms with Gasteiger partial charge in [0, 0.05) is 17.8 Å². The zero-order valence-electron chi connectivity index (χ0n) is 23.0. The molecule has 0 spiro atoms. The molecule has 3 aromatic heterocycles. The van der Waals surface area contributed by atoms with Gasteiger partial charge in [-0.1, -0.05) is 30.3 Å². The number of anilines is 2. The van der Waals surface area contributed by atoms with E-state index in [0.29, 0.717) is 50.4 Å². The zero-order valence-corrected chi connectivity index (χ0v) is 23.8. The second-order valence-electron chi connectivity index (χ2n) is 10.1. The number of nitrogens with zero attached hydrogens (tertiary/aromatic N) is 4. The first kappa shape index (κ1) is 27.0. The molecule has 0 bridgehead atoms. The highest BCUT2D eigenvalue weighted by molar-refractivity contribution is 7.92. The molecule has 42 heavy (non-hydrogen) atoms. The lowest BCUT2D eigenvalue weighted by Crippen LogP contribution is -2.27. The molecular weight excluding hydrogens is 554 g/mol. The van der Waals surface area contributed by atoms with Crippen molar-refractivity contribution in [1.82, 2.24) is 24.5 Å². The number of aromatic amines is 1. The molecule has 212 valence electrons. The van der Waals surface area contributed by atoms with Crippen LogP contribution in [0.2, 0.25) is 0 Å². The molecule has 6 aromatic rings. The maximum absolute atomic E-state index is 13.9. The molecule has 3 aromatic carbocycles. The van der Waals surface area contributed by atoms with E-state index in [1.807, 2.05) is 62.4 Å². The molecule has 0 amide bonds. The van der Waals surface area contributed by atoms with E-state index in [0.717, 1.165) is 11.8 Å². The number of aryl methyl sites for hydroxylation is 1. The molecule has 0 aliphatic rings. The van der Waals surface area contributed by atoms with E-state index in [4.69, 9.17) is 4.98 Å². The Morgan fingerprint density at radius 1 is 1.00 bits per heavy atom. The van der Waals surface area contributed by atoms with E-state index in [1.165, 1.54) is 18.5 Å². The molecule has 0 aliphatic heterocycles. The maximum atomic E-state index is 13.9. The minimum absolute atomic E-state index is 0.115. The number of fused-ring (bicyclic) bond motifs is 2. The Labute approximate surface area is 241 Å². The monoisotopic (exact) mass is 581 g/mol. The van der Waals surface area contributed by atoms with Crippen LogP contribution in [-0.2, 0) is 10.0 Å². The second-order valence-corrected chi connectivity index (χ2v) is 11.8. The van der Waals surface area contributed by atoms with E-state index >= 15 is 0 Å². The van der Waals surface area contributed by atoms with E-state index in [1.54, 1.807) is 16.8 Å². The van der Waals surface area contributed by atoms with Gasteiger partial charge in [-0.05, 0) is 55.3 Å². The van der Waals surface area contributed by atoms with E-state index in [9.17, 15) is 18.3 Å². The van der Waals surface area contributed by atoms with Gasteiger partial charge in [-0.2, -0.15) is 0 Å². The van der Waals surface area contributed by atoms with E-state index in [-0.39, 0.29) is 17.0 Å². The molecular formula is C30H27N7O4S. The number of aromatic hydroxyl groups is 1. The summed E-state index contributed by atoms with van der Waals surface area (Å²) in [5.41, 5.74) is 3.86. The summed E-state index contributed by atoms with van der Waals surface area (Å²) in [6.07, 6.45) is 4.17. The number of benzene rings is 3. The standard InChI is InChI=1S/C30H27N7O4S/c1-17-8-7-11-24-25(17)30(39)37(21-9-5-4-6-10-21)29(35-24)18(2)34-28-26-23(15-31-27(26)32-16-33-28)19-12-20(14-22(38)13-19)36-42(3,40)41/h4-16,18,36,38H,1-3H3,(H2,31,32,33,34)/t18-/m0/s1. The summed E-state index contributed by atoms with van der Waals surface area (Å²) in [6.45, 7) is 3.79. The predicted octanol–water partition coefficient (Wildman–Crippen LogP) is 4.88. The summed E-state index contributed by atoms with van der Waals surface area (Å²) in [7, 11) is -3.57. The summed E-state index contributed by atoms with van der Waals surface area (Å²) >= 11 is 0. The molecule has 0 saturated heterocycles. The Kier molecular flexibility index (Phi) is 6.62. The first-order valence-corrected chi connectivity index (χ1v) is 15.0. The quantitative estimate of drug-likeness (QED) is 0.208. The number of H-pyrrole nitrogens is 1. The Balaban J connectivity index is 1.49. The molecule has 6 rings (SSSR count). The molecule has 11 nitrogen and oxygen atoms in total. The number of sulfonamides is 1. The number of phenols is 1. The highest BCUT2D eigenvalue weighted by Gasteiger charge is 2.22. The highest BCUT2D eigenvalue weighted by atomic mass is 32.2. The highest BCUT2D eigenvalue weighted by Crippen LogP contribution is 2.36. The number of hydrogen-bond donors (Lipinski definition) is 4. The van der Waals surface area contributed by atoms with Crippen molar-refractivity contribution in [3.05, 3.63) is 101 Å². The van der Waals surface area contributed by atoms with Gasteiger partial charge in [-0.3, -0.25) is 14.1 Å². The zero-order chi connectivity index (χ0) is 29.6.